The summed E-state index contributed by atoms with van der Waals surface area (Å²) in [5.41, 5.74) is 2.58. The molecule has 2 aromatic carbocycles. The Hall–Kier alpha value is -3.48. The molecule has 0 radical (unpaired) electrons. The number of amides is 1. The molecule has 0 bridgehead atoms. The lowest BCUT2D eigenvalue weighted by molar-refractivity contribution is 0.0950. The molecular formula is C21H23N3O4. The average Bonchev–Trinajstić information content (AvgIpc) is 3.24. The fraction of sp³-hybridized carbons (Fsp3) is 0.238. The Balaban J connectivity index is 1.70. The molecule has 1 aromatic heterocycles. The van der Waals surface area contributed by atoms with Crippen LogP contribution in [0.1, 0.15) is 21.5 Å². The molecular weight excluding hydrogens is 358 g/mol. The highest BCUT2D eigenvalue weighted by molar-refractivity contribution is 5.95. The van der Waals surface area contributed by atoms with E-state index in [-0.39, 0.29) is 5.91 Å². The summed E-state index contributed by atoms with van der Waals surface area (Å²) in [7, 11) is 4.56. The Kier molecular flexibility index (Phi) is 6.16. The minimum atomic E-state index is -0.223. The van der Waals surface area contributed by atoms with E-state index in [2.05, 4.69) is 16.4 Å². The van der Waals surface area contributed by atoms with Crippen molar-refractivity contribution in [3.8, 4) is 17.2 Å². The maximum absolute atomic E-state index is 12.6. The van der Waals surface area contributed by atoms with Crippen molar-refractivity contribution in [1.29, 1.82) is 0 Å². The summed E-state index contributed by atoms with van der Waals surface area (Å²) in [5.74, 6) is 1.11. The maximum atomic E-state index is 12.6. The topological polar surface area (TPSA) is 74.6 Å². The number of imidazole rings is 1. The quantitative estimate of drug-likeness (QED) is 0.649. The summed E-state index contributed by atoms with van der Waals surface area (Å²) in [6.45, 7) is 1.14. The lowest BCUT2D eigenvalue weighted by atomic mass is 10.1. The molecule has 3 aromatic rings. The van der Waals surface area contributed by atoms with E-state index in [1.54, 1.807) is 24.7 Å². The van der Waals surface area contributed by atoms with Gasteiger partial charge in [0.25, 0.3) is 5.91 Å². The third-order valence-electron chi connectivity index (χ3n) is 4.30. The van der Waals surface area contributed by atoms with Gasteiger partial charge in [-0.1, -0.05) is 24.3 Å². The number of benzene rings is 2. The van der Waals surface area contributed by atoms with Crippen LogP contribution in [0.25, 0.3) is 0 Å². The van der Waals surface area contributed by atoms with Gasteiger partial charge in [-0.25, -0.2) is 4.98 Å². The molecule has 0 atom stereocenters. The van der Waals surface area contributed by atoms with Gasteiger partial charge < -0.3 is 24.1 Å². The van der Waals surface area contributed by atoms with Crippen molar-refractivity contribution in [2.24, 2.45) is 0 Å². The Morgan fingerprint density at radius 2 is 1.75 bits per heavy atom. The fourth-order valence-corrected chi connectivity index (χ4v) is 2.93. The van der Waals surface area contributed by atoms with Crippen LogP contribution in [0.3, 0.4) is 0 Å². The molecule has 0 aliphatic carbocycles. The van der Waals surface area contributed by atoms with Crippen LogP contribution in [0.4, 0.5) is 0 Å². The molecule has 0 spiro atoms. The third-order valence-corrected chi connectivity index (χ3v) is 4.30. The van der Waals surface area contributed by atoms with E-state index in [4.69, 9.17) is 14.2 Å². The van der Waals surface area contributed by atoms with Gasteiger partial charge in [-0.15, -0.1) is 0 Å². The second-order valence-corrected chi connectivity index (χ2v) is 6.15. The molecule has 0 saturated heterocycles. The Bertz CT molecular complexity index is 914. The van der Waals surface area contributed by atoms with Gasteiger partial charge in [0.05, 0.1) is 27.7 Å². The molecule has 28 heavy (non-hydrogen) atoms. The van der Waals surface area contributed by atoms with Gasteiger partial charge in [0, 0.05) is 31.0 Å². The van der Waals surface area contributed by atoms with E-state index in [0.717, 1.165) is 17.7 Å². The SMILES string of the molecule is COc1cc(C(=O)NCc2cccc(Cn3ccnc3)c2)cc(OC)c1OC. The largest absolute Gasteiger partial charge is 0.493 e. The minimum Gasteiger partial charge on any atom is -0.493 e. The normalized spacial score (nSPS) is 10.4. The second kappa shape index (κ2) is 8.94. The van der Waals surface area contributed by atoms with E-state index in [1.165, 1.54) is 21.3 Å². The summed E-state index contributed by atoms with van der Waals surface area (Å²) in [4.78, 5) is 16.7. The standard InChI is InChI=1S/C21H23N3O4/c1-26-18-10-17(11-19(27-2)20(18)28-3)21(25)23-12-15-5-4-6-16(9-15)13-24-8-7-22-14-24/h4-11,14H,12-13H2,1-3H3,(H,23,25). The summed E-state index contributed by atoms with van der Waals surface area (Å²) in [5, 5.41) is 2.93. The monoisotopic (exact) mass is 381 g/mol. The van der Waals surface area contributed by atoms with Crippen LogP contribution < -0.4 is 19.5 Å². The lowest BCUT2D eigenvalue weighted by Crippen LogP contribution is -2.23. The zero-order valence-electron chi connectivity index (χ0n) is 16.1. The summed E-state index contributed by atoms with van der Waals surface area (Å²) in [6.07, 6.45) is 5.44. The van der Waals surface area contributed by atoms with E-state index in [0.29, 0.717) is 29.4 Å². The number of carbonyl (C=O) groups is 1. The summed E-state index contributed by atoms with van der Waals surface area (Å²) < 4.78 is 17.9. The van der Waals surface area contributed by atoms with E-state index < -0.39 is 0 Å². The van der Waals surface area contributed by atoms with Gasteiger partial charge in [-0.3, -0.25) is 4.79 Å². The maximum Gasteiger partial charge on any atom is 0.251 e. The summed E-state index contributed by atoms with van der Waals surface area (Å²) in [6, 6.07) is 11.3. The highest BCUT2D eigenvalue weighted by Crippen LogP contribution is 2.38. The van der Waals surface area contributed by atoms with Crippen LogP contribution in [0.15, 0.2) is 55.1 Å². The van der Waals surface area contributed by atoms with Gasteiger partial charge >= 0.3 is 0 Å². The molecule has 3 rings (SSSR count). The number of hydrogen-bond donors (Lipinski definition) is 1. The van der Waals surface area contributed by atoms with Crippen LogP contribution >= 0.6 is 0 Å². The molecule has 0 aliphatic rings. The molecule has 146 valence electrons. The highest BCUT2D eigenvalue weighted by atomic mass is 16.5. The van der Waals surface area contributed by atoms with Crippen molar-refractivity contribution < 1.29 is 19.0 Å². The molecule has 0 aliphatic heterocycles. The van der Waals surface area contributed by atoms with Crippen molar-refractivity contribution in [3.05, 3.63) is 71.8 Å². The lowest BCUT2D eigenvalue weighted by Gasteiger charge is -2.14. The molecule has 0 fully saturated rings. The Morgan fingerprint density at radius 1 is 1.04 bits per heavy atom. The average molecular weight is 381 g/mol. The third kappa shape index (κ3) is 4.43. The van der Waals surface area contributed by atoms with Crippen LogP contribution in [-0.2, 0) is 13.1 Å². The number of nitrogens with zero attached hydrogens (tertiary/aromatic N) is 2. The zero-order chi connectivity index (χ0) is 19.9. The predicted molar refractivity (Wildman–Crippen MR) is 105 cm³/mol. The van der Waals surface area contributed by atoms with Crippen molar-refractivity contribution in [2.45, 2.75) is 13.1 Å². The fourth-order valence-electron chi connectivity index (χ4n) is 2.93. The van der Waals surface area contributed by atoms with Crippen molar-refractivity contribution in [2.75, 3.05) is 21.3 Å². The van der Waals surface area contributed by atoms with Gasteiger partial charge in [-0.05, 0) is 23.3 Å². The number of carbonyl (C=O) groups excluding carboxylic acids is 1. The van der Waals surface area contributed by atoms with Gasteiger partial charge in [0.2, 0.25) is 5.75 Å². The van der Waals surface area contributed by atoms with Crippen LogP contribution in [0, 0.1) is 0 Å². The van der Waals surface area contributed by atoms with E-state index in [1.807, 2.05) is 29.0 Å². The molecule has 1 heterocycles. The second-order valence-electron chi connectivity index (χ2n) is 6.15. The Morgan fingerprint density at radius 3 is 2.36 bits per heavy atom. The molecule has 1 amide bonds. The number of methoxy groups -OCH3 is 3. The van der Waals surface area contributed by atoms with Crippen molar-refractivity contribution >= 4 is 5.91 Å². The summed E-state index contributed by atoms with van der Waals surface area (Å²) >= 11 is 0. The van der Waals surface area contributed by atoms with Crippen LogP contribution in [-0.4, -0.2) is 36.8 Å². The number of ether oxygens (including phenoxy) is 3. The van der Waals surface area contributed by atoms with E-state index in [9.17, 15) is 4.79 Å². The number of rotatable bonds is 8. The first-order chi connectivity index (χ1) is 13.6. The minimum absolute atomic E-state index is 0.223. The molecule has 0 saturated carbocycles. The molecule has 1 N–H and O–H groups in total. The number of aromatic nitrogens is 2. The first-order valence-electron chi connectivity index (χ1n) is 8.76. The van der Waals surface area contributed by atoms with Gasteiger partial charge in [0.1, 0.15) is 0 Å². The van der Waals surface area contributed by atoms with Gasteiger partial charge in [-0.2, -0.15) is 0 Å². The highest BCUT2D eigenvalue weighted by Gasteiger charge is 2.16. The van der Waals surface area contributed by atoms with Crippen molar-refractivity contribution in [3.63, 3.8) is 0 Å². The van der Waals surface area contributed by atoms with Crippen LogP contribution in [0.5, 0.6) is 17.2 Å². The Labute approximate surface area is 163 Å². The first-order valence-corrected chi connectivity index (χ1v) is 8.76. The van der Waals surface area contributed by atoms with E-state index >= 15 is 0 Å². The van der Waals surface area contributed by atoms with Crippen molar-refractivity contribution in [1.82, 2.24) is 14.9 Å². The molecule has 7 heteroatoms. The first kappa shape index (κ1) is 19.3. The molecule has 7 nitrogen and oxygen atoms in total. The predicted octanol–water partition coefficient (Wildman–Crippen LogP) is 2.89. The van der Waals surface area contributed by atoms with Crippen LogP contribution in [0.2, 0.25) is 0 Å². The molecule has 0 unspecified atom stereocenters. The van der Waals surface area contributed by atoms with Gasteiger partial charge in [0.15, 0.2) is 11.5 Å². The zero-order valence-corrected chi connectivity index (χ0v) is 16.1. The smallest absolute Gasteiger partial charge is 0.251 e. The number of hydrogen-bond acceptors (Lipinski definition) is 5. The number of nitrogens with one attached hydrogen (secondary N) is 1.